The molecule has 1 unspecified atom stereocenters. The minimum atomic E-state index is 0.0527. The SMILES string of the molecule is CC(=O)SCC1CC(=O)N(c2c(C)ccnc2N)C1. The molecule has 1 aliphatic heterocycles. The van der Waals surface area contributed by atoms with Crippen LogP contribution in [0, 0.1) is 12.8 Å². The molecule has 2 heterocycles. The van der Waals surface area contributed by atoms with E-state index in [0.29, 0.717) is 30.2 Å². The molecule has 0 radical (unpaired) electrons. The van der Waals surface area contributed by atoms with Crippen molar-refractivity contribution < 1.29 is 9.59 Å². The average molecular weight is 279 g/mol. The molecule has 1 fully saturated rings. The highest BCUT2D eigenvalue weighted by molar-refractivity contribution is 8.13. The first-order chi connectivity index (χ1) is 8.99. The van der Waals surface area contributed by atoms with E-state index in [0.717, 1.165) is 5.56 Å². The van der Waals surface area contributed by atoms with Crippen molar-refractivity contribution in [1.82, 2.24) is 4.98 Å². The molecular weight excluding hydrogens is 262 g/mol. The maximum Gasteiger partial charge on any atom is 0.227 e. The Kier molecular flexibility index (Phi) is 4.09. The predicted molar refractivity (Wildman–Crippen MR) is 77.0 cm³/mol. The van der Waals surface area contributed by atoms with Gasteiger partial charge in [-0.3, -0.25) is 9.59 Å². The quantitative estimate of drug-likeness (QED) is 0.909. The topological polar surface area (TPSA) is 76.3 Å². The molecule has 1 amide bonds. The van der Waals surface area contributed by atoms with Gasteiger partial charge in [0.15, 0.2) is 5.12 Å². The normalized spacial score (nSPS) is 18.9. The van der Waals surface area contributed by atoms with Gasteiger partial charge in [0.25, 0.3) is 0 Å². The zero-order chi connectivity index (χ0) is 14.0. The lowest BCUT2D eigenvalue weighted by Gasteiger charge is -2.20. The molecule has 2 rings (SSSR count). The Morgan fingerprint density at radius 3 is 3.00 bits per heavy atom. The molecule has 1 aliphatic rings. The summed E-state index contributed by atoms with van der Waals surface area (Å²) in [4.78, 5) is 28.8. The number of carbonyl (C=O) groups excluding carboxylic acids is 2. The molecule has 2 N–H and O–H groups in total. The van der Waals surface area contributed by atoms with E-state index < -0.39 is 0 Å². The monoisotopic (exact) mass is 279 g/mol. The van der Waals surface area contributed by atoms with E-state index in [1.165, 1.54) is 11.8 Å². The van der Waals surface area contributed by atoms with E-state index in [2.05, 4.69) is 4.98 Å². The first-order valence-electron chi connectivity index (χ1n) is 6.14. The molecule has 1 atom stereocenters. The molecular formula is C13H17N3O2S. The number of nitrogens with two attached hydrogens (primary N) is 1. The Labute approximate surface area is 116 Å². The molecule has 0 spiro atoms. The van der Waals surface area contributed by atoms with Crippen LogP contribution in [0.2, 0.25) is 0 Å². The van der Waals surface area contributed by atoms with Gasteiger partial charge in [-0.15, -0.1) is 0 Å². The third-order valence-corrected chi connectivity index (χ3v) is 4.20. The maximum absolute atomic E-state index is 12.1. The van der Waals surface area contributed by atoms with Crippen molar-refractivity contribution in [2.24, 2.45) is 5.92 Å². The number of aryl methyl sites for hydroxylation is 1. The van der Waals surface area contributed by atoms with Crippen molar-refractivity contribution in [2.75, 3.05) is 22.9 Å². The zero-order valence-corrected chi connectivity index (χ0v) is 11.9. The van der Waals surface area contributed by atoms with Crippen LogP contribution < -0.4 is 10.6 Å². The maximum atomic E-state index is 12.1. The number of amides is 1. The highest BCUT2D eigenvalue weighted by atomic mass is 32.2. The standard InChI is InChI=1S/C13H17N3O2S/c1-8-3-4-15-13(14)12(8)16-6-10(5-11(16)18)7-19-9(2)17/h3-4,10H,5-7H2,1-2H3,(H2,14,15). The molecule has 0 bridgehead atoms. The zero-order valence-electron chi connectivity index (χ0n) is 11.0. The lowest BCUT2D eigenvalue weighted by atomic mass is 10.1. The first-order valence-corrected chi connectivity index (χ1v) is 7.12. The van der Waals surface area contributed by atoms with Crippen LogP contribution in [0.25, 0.3) is 0 Å². The Morgan fingerprint density at radius 1 is 1.63 bits per heavy atom. The number of pyridine rings is 1. The minimum absolute atomic E-state index is 0.0527. The summed E-state index contributed by atoms with van der Waals surface area (Å²) < 4.78 is 0. The minimum Gasteiger partial charge on any atom is -0.382 e. The molecule has 19 heavy (non-hydrogen) atoms. The first kappa shape index (κ1) is 13.9. The van der Waals surface area contributed by atoms with Gasteiger partial charge in [0.2, 0.25) is 5.91 Å². The second kappa shape index (κ2) is 5.61. The highest BCUT2D eigenvalue weighted by Gasteiger charge is 2.32. The largest absolute Gasteiger partial charge is 0.382 e. The summed E-state index contributed by atoms with van der Waals surface area (Å²) in [7, 11) is 0. The number of nitrogen functional groups attached to an aromatic ring is 1. The van der Waals surface area contributed by atoms with Gasteiger partial charge in [0, 0.05) is 31.8 Å². The number of rotatable bonds is 3. The fourth-order valence-corrected chi connectivity index (χ4v) is 2.96. The molecule has 0 saturated carbocycles. The lowest BCUT2D eigenvalue weighted by molar-refractivity contribution is -0.117. The third-order valence-electron chi connectivity index (χ3n) is 3.15. The van der Waals surface area contributed by atoms with Crippen molar-refractivity contribution in [1.29, 1.82) is 0 Å². The summed E-state index contributed by atoms with van der Waals surface area (Å²) in [6.45, 7) is 4.07. The molecule has 5 nitrogen and oxygen atoms in total. The van der Waals surface area contributed by atoms with Crippen molar-refractivity contribution in [3.8, 4) is 0 Å². The van der Waals surface area contributed by atoms with Crippen LogP contribution in [-0.4, -0.2) is 28.3 Å². The van der Waals surface area contributed by atoms with Crippen LogP contribution in [0.15, 0.2) is 12.3 Å². The predicted octanol–water partition coefficient (Wildman–Crippen LogP) is 1.60. The van der Waals surface area contributed by atoms with Crippen molar-refractivity contribution >= 4 is 34.3 Å². The van der Waals surface area contributed by atoms with E-state index in [4.69, 9.17) is 5.73 Å². The van der Waals surface area contributed by atoms with Gasteiger partial charge in [-0.05, 0) is 24.5 Å². The van der Waals surface area contributed by atoms with E-state index in [9.17, 15) is 9.59 Å². The number of aromatic nitrogens is 1. The molecule has 0 aliphatic carbocycles. The van der Waals surface area contributed by atoms with Gasteiger partial charge in [0.1, 0.15) is 5.82 Å². The number of nitrogens with zero attached hydrogens (tertiary/aromatic N) is 2. The van der Waals surface area contributed by atoms with Crippen molar-refractivity contribution in [2.45, 2.75) is 20.3 Å². The number of carbonyl (C=O) groups is 2. The van der Waals surface area contributed by atoms with Gasteiger partial charge < -0.3 is 10.6 Å². The van der Waals surface area contributed by atoms with Gasteiger partial charge in [-0.25, -0.2) is 4.98 Å². The van der Waals surface area contributed by atoms with Crippen LogP contribution in [0.3, 0.4) is 0 Å². The van der Waals surface area contributed by atoms with Gasteiger partial charge in [-0.1, -0.05) is 11.8 Å². The second-order valence-corrected chi connectivity index (χ2v) is 5.94. The third kappa shape index (κ3) is 3.07. The van der Waals surface area contributed by atoms with Gasteiger partial charge >= 0.3 is 0 Å². The molecule has 0 aromatic carbocycles. The van der Waals surface area contributed by atoms with Crippen LogP contribution in [0.1, 0.15) is 18.9 Å². The average Bonchev–Trinajstić information content (AvgIpc) is 2.68. The summed E-state index contributed by atoms with van der Waals surface area (Å²) in [5.41, 5.74) is 7.52. The number of hydrogen-bond acceptors (Lipinski definition) is 5. The molecule has 102 valence electrons. The molecule has 6 heteroatoms. The number of anilines is 2. The Balaban J connectivity index is 2.14. The van der Waals surface area contributed by atoms with Gasteiger partial charge in [0.05, 0.1) is 5.69 Å². The van der Waals surface area contributed by atoms with E-state index in [-0.39, 0.29) is 16.9 Å². The Bertz CT molecular complexity index is 498. The van der Waals surface area contributed by atoms with Crippen LogP contribution in [-0.2, 0) is 9.59 Å². The molecule has 1 saturated heterocycles. The fraction of sp³-hybridized carbons (Fsp3) is 0.462. The van der Waals surface area contributed by atoms with Gasteiger partial charge in [-0.2, -0.15) is 0 Å². The number of hydrogen-bond donors (Lipinski definition) is 1. The summed E-state index contributed by atoms with van der Waals surface area (Å²) in [6.07, 6.45) is 2.10. The van der Waals surface area contributed by atoms with E-state index >= 15 is 0 Å². The Hall–Kier alpha value is -1.56. The highest BCUT2D eigenvalue weighted by Crippen LogP contribution is 2.32. The molecule has 1 aromatic heterocycles. The van der Waals surface area contributed by atoms with E-state index in [1.54, 1.807) is 18.0 Å². The fourth-order valence-electron chi connectivity index (χ4n) is 2.27. The Morgan fingerprint density at radius 2 is 2.37 bits per heavy atom. The van der Waals surface area contributed by atoms with Crippen LogP contribution in [0.4, 0.5) is 11.5 Å². The summed E-state index contributed by atoms with van der Waals surface area (Å²) in [6, 6.07) is 1.84. The second-order valence-electron chi connectivity index (χ2n) is 4.74. The summed E-state index contributed by atoms with van der Waals surface area (Å²) >= 11 is 1.27. The van der Waals surface area contributed by atoms with Crippen LogP contribution in [0.5, 0.6) is 0 Å². The smallest absolute Gasteiger partial charge is 0.227 e. The number of thioether (sulfide) groups is 1. The van der Waals surface area contributed by atoms with E-state index in [1.807, 2.05) is 13.0 Å². The summed E-state index contributed by atoms with van der Waals surface area (Å²) in [5, 5.41) is 0.0861. The molecule has 1 aromatic rings. The van der Waals surface area contributed by atoms with Crippen molar-refractivity contribution in [3.05, 3.63) is 17.8 Å². The van der Waals surface area contributed by atoms with Crippen LogP contribution >= 0.6 is 11.8 Å². The van der Waals surface area contributed by atoms with Crippen molar-refractivity contribution in [3.63, 3.8) is 0 Å². The summed E-state index contributed by atoms with van der Waals surface area (Å²) in [5.74, 6) is 1.31. The lowest BCUT2D eigenvalue weighted by Crippen LogP contribution is -2.27.